The van der Waals surface area contributed by atoms with E-state index in [1.54, 1.807) is 12.3 Å². The van der Waals surface area contributed by atoms with Crippen molar-refractivity contribution in [3.05, 3.63) is 65.9 Å². The van der Waals surface area contributed by atoms with Crippen molar-refractivity contribution in [3.63, 3.8) is 0 Å². The largest absolute Gasteiger partial charge is 0.343 e. The molecule has 0 bridgehead atoms. The van der Waals surface area contributed by atoms with E-state index in [9.17, 15) is 4.39 Å². The van der Waals surface area contributed by atoms with Crippen molar-refractivity contribution in [1.29, 1.82) is 5.26 Å². The lowest BCUT2D eigenvalue weighted by Crippen LogP contribution is -1.99. The molecule has 0 aliphatic heterocycles. The highest BCUT2D eigenvalue weighted by Gasteiger charge is 2.06. The summed E-state index contributed by atoms with van der Waals surface area (Å²) in [5, 5.41) is 9.96. The second kappa shape index (κ2) is 4.54. The third-order valence-electron chi connectivity index (χ3n) is 3.05. The molecule has 0 atom stereocenters. The number of nitrogens with zero attached hydrogens (tertiary/aromatic N) is 3. The SMILES string of the molecule is N#Cc1cccc2c1ccn2Cc1cncc(F)c1. The molecule has 0 unspecified atom stereocenters. The standard InChI is InChI=1S/C15H10FN3/c16-13-6-11(8-18-9-13)10-19-5-4-14-12(7-17)2-1-3-15(14)19/h1-6,8-9H,10H2. The molecule has 0 fully saturated rings. The third-order valence-corrected chi connectivity index (χ3v) is 3.05. The van der Waals surface area contributed by atoms with E-state index in [0.717, 1.165) is 16.5 Å². The first-order valence-corrected chi connectivity index (χ1v) is 5.85. The summed E-state index contributed by atoms with van der Waals surface area (Å²) in [6, 6.07) is 11.1. The number of benzene rings is 1. The zero-order valence-electron chi connectivity index (χ0n) is 10.0. The van der Waals surface area contributed by atoms with E-state index in [2.05, 4.69) is 11.1 Å². The van der Waals surface area contributed by atoms with E-state index in [1.165, 1.54) is 12.3 Å². The van der Waals surface area contributed by atoms with Crippen LogP contribution in [0, 0.1) is 17.1 Å². The molecule has 0 N–H and O–H groups in total. The van der Waals surface area contributed by atoms with Crippen LogP contribution in [0.4, 0.5) is 4.39 Å². The minimum atomic E-state index is -0.341. The summed E-state index contributed by atoms with van der Waals surface area (Å²) in [5.41, 5.74) is 2.40. The van der Waals surface area contributed by atoms with Crippen LogP contribution in [-0.4, -0.2) is 9.55 Å². The number of hydrogen-bond donors (Lipinski definition) is 0. The van der Waals surface area contributed by atoms with E-state index in [4.69, 9.17) is 5.26 Å². The van der Waals surface area contributed by atoms with Gasteiger partial charge in [0.15, 0.2) is 0 Å². The van der Waals surface area contributed by atoms with Gasteiger partial charge in [0.25, 0.3) is 0 Å². The van der Waals surface area contributed by atoms with Crippen molar-refractivity contribution in [1.82, 2.24) is 9.55 Å². The minimum Gasteiger partial charge on any atom is -0.343 e. The van der Waals surface area contributed by atoms with E-state index in [1.807, 2.05) is 29.0 Å². The lowest BCUT2D eigenvalue weighted by Gasteiger charge is -2.05. The molecule has 0 saturated carbocycles. The van der Waals surface area contributed by atoms with Gasteiger partial charge in [0.05, 0.1) is 17.8 Å². The Hall–Kier alpha value is -2.67. The second-order valence-corrected chi connectivity index (χ2v) is 4.31. The fraction of sp³-hybridized carbons (Fsp3) is 0.0667. The predicted molar refractivity (Wildman–Crippen MR) is 70.0 cm³/mol. The van der Waals surface area contributed by atoms with Crippen molar-refractivity contribution in [3.8, 4) is 6.07 Å². The number of nitriles is 1. The summed E-state index contributed by atoms with van der Waals surface area (Å²) < 4.78 is 15.1. The number of rotatable bonds is 2. The Morgan fingerprint density at radius 3 is 2.95 bits per heavy atom. The molecule has 0 saturated heterocycles. The van der Waals surface area contributed by atoms with Crippen molar-refractivity contribution < 1.29 is 4.39 Å². The normalized spacial score (nSPS) is 10.5. The fourth-order valence-electron chi connectivity index (χ4n) is 2.20. The molecule has 19 heavy (non-hydrogen) atoms. The molecule has 0 radical (unpaired) electrons. The average molecular weight is 251 g/mol. The second-order valence-electron chi connectivity index (χ2n) is 4.31. The Morgan fingerprint density at radius 1 is 1.26 bits per heavy atom. The number of pyridine rings is 1. The molecule has 0 amide bonds. The molecule has 2 aromatic heterocycles. The maximum Gasteiger partial charge on any atom is 0.141 e. The molecule has 0 aliphatic carbocycles. The lowest BCUT2D eigenvalue weighted by molar-refractivity contribution is 0.617. The van der Waals surface area contributed by atoms with Gasteiger partial charge in [-0.05, 0) is 29.8 Å². The fourth-order valence-corrected chi connectivity index (χ4v) is 2.20. The van der Waals surface area contributed by atoms with Gasteiger partial charge in [0.2, 0.25) is 0 Å². The van der Waals surface area contributed by atoms with Gasteiger partial charge < -0.3 is 4.57 Å². The maximum absolute atomic E-state index is 13.1. The first-order valence-electron chi connectivity index (χ1n) is 5.85. The summed E-state index contributed by atoms with van der Waals surface area (Å²) >= 11 is 0. The van der Waals surface area contributed by atoms with Crippen molar-refractivity contribution in [2.75, 3.05) is 0 Å². The Kier molecular flexibility index (Phi) is 2.73. The minimum absolute atomic E-state index is 0.341. The molecule has 4 heteroatoms. The molecular weight excluding hydrogens is 241 g/mol. The molecule has 1 aromatic carbocycles. The number of halogens is 1. The zero-order chi connectivity index (χ0) is 13.2. The predicted octanol–water partition coefficient (Wildman–Crippen LogP) is 3.10. The Labute approximate surface area is 109 Å². The topological polar surface area (TPSA) is 41.6 Å². The molecule has 0 spiro atoms. The summed E-state index contributed by atoms with van der Waals surface area (Å²) in [5.74, 6) is -0.341. The van der Waals surface area contributed by atoms with Crippen molar-refractivity contribution >= 4 is 10.9 Å². The molecule has 92 valence electrons. The van der Waals surface area contributed by atoms with Gasteiger partial charge in [-0.15, -0.1) is 0 Å². The molecule has 0 aliphatic rings. The van der Waals surface area contributed by atoms with Crippen LogP contribution < -0.4 is 0 Å². The molecule has 2 heterocycles. The average Bonchev–Trinajstić information content (AvgIpc) is 2.82. The van der Waals surface area contributed by atoms with Crippen LogP contribution in [-0.2, 0) is 6.54 Å². The van der Waals surface area contributed by atoms with Gasteiger partial charge in [-0.3, -0.25) is 4.98 Å². The summed E-state index contributed by atoms with van der Waals surface area (Å²) in [4.78, 5) is 3.84. The zero-order valence-corrected chi connectivity index (χ0v) is 10.0. The number of fused-ring (bicyclic) bond motifs is 1. The van der Waals surface area contributed by atoms with Crippen molar-refractivity contribution in [2.24, 2.45) is 0 Å². The summed E-state index contributed by atoms with van der Waals surface area (Å²) in [6.45, 7) is 0.531. The highest BCUT2D eigenvalue weighted by atomic mass is 19.1. The molecule has 3 nitrogen and oxygen atoms in total. The Morgan fingerprint density at radius 2 is 2.16 bits per heavy atom. The van der Waals surface area contributed by atoms with Gasteiger partial charge in [-0.2, -0.15) is 5.26 Å². The van der Waals surface area contributed by atoms with Crippen LogP contribution >= 0.6 is 0 Å². The highest BCUT2D eigenvalue weighted by molar-refractivity contribution is 5.86. The molecule has 3 aromatic rings. The Bertz CT molecular complexity index is 783. The van der Waals surface area contributed by atoms with Crippen LogP contribution in [0.25, 0.3) is 10.9 Å². The first kappa shape index (κ1) is 11.4. The molecular formula is C15H10FN3. The number of aromatic nitrogens is 2. The van der Waals surface area contributed by atoms with Gasteiger partial charge in [0, 0.05) is 29.8 Å². The van der Waals surface area contributed by atoms with Gasteiger partial charge in [-0.25, -0.2) is 4.39 Å². The van der Waals surface area contributed by atoms with E-state index in [0.29, 0.717) is 12.1 Å². The van der Waals surface area contributed by atoms with Crippen LogP contribution in [0.5, 0.6) is 0 Å². The smallest absolute Gasteiger partial charge is 0.141 e. The van der Waals surface area contributed by atoms with E-state index in [-0.39, 0.29) is 5.82 Å². The lowest BCUT2D eigenvalue weighted by atomic mass is 10.1. The summed E-state index contributed by atoms with van der Waals surface area (Å²) in [7, 11) is 0. The van der Waals surface area contributed by atoms with Gasteiger partial charge in [0.1, 0.15) is 5.82 Å². The van der Waals surface area contributed by atoms with Crippen LogP contribution in [0.3, 0.4) is 0 Å². The first-order chi connectivity index (χ1) is 9.28. The number of hydrogen-bond acceptors (Lipinski definition) is 2. The van der Waals surface area contributed by atoms with E-state index >= 15 is 0 Å². The highest BCUT2D eigenvalue weighted by Crippen LogP contribution is 2.20. The maximum atomic E-state index is 13.1. The van der Waals surface area contributed by atoms with Crippen molar-refractivity contribution in [2.45, 2.75) is 6.54 Å². The monoisotopic (exact) mass is 251 g/mol. The van der Waals surface area contributed by atoms with Crippen LogP contribution in [0.1, 0.15) is 11.1 Å². The van der Waals surface area contributed by atoms with E-state index < -0.39 is 0 Å². The van der Waals surface area contributed by atoms with Gasteiger partial charge in [-0.1, -0.05) is 6.07 Å². The van der Waals surface area contributed by atoms with Gasteiger partial charge >= 0.3 is 0 Å². The summed E-state index contributed by atoms with van der Waals surface area (Å²) in [6.07, 6.45) is 4.73. The quantitative estimate of drug-likeness (QED) is 0.702. The third kappa shape index (κ3) is 2.06. The van der Waals surface area contributed by atoms with Crippen LogP contribution in [0.15, 0.2) is 48.9 Å². The van der Waals surface area contributed by atoms with Crippen LogP contribution in [0.2, 0.25) is 0 Å². The Balaban J connectivity index is 2.05. The molecule has 3 rings (SSSR count).